The molecular formula is C15H21N3O. The Morgan fingerprint density at radius 2 is 1.95 bits per heavy atom. The molecule has 1 heterocycles. The van der Waals surface area contributed by atoms with E-state index >= 15 is 0 Å². The van der Waals surface area contributed by atoms with Gasteiger partial charge in [-0.15, -0.1) is 0 Å². The minimum atomic E-state index is 0.509. The first-order valence-corrected chi connectivity index (χ1v) is 6.53. The van der Waals surface area contributed by atoms with Gasteiger partial charge in [-0.25, -0.2) is 0 Å². The first-order chi connectivity index (χ1) is 9.10. The SMILES string of the molecule is CCn1nc(-c2cc(C)c(OC)cc2C)cc1CN. The molecule has 4 heteroatoms. The Labute approximate surface area is 114 Å². The zero-order valence-electron chi connectivity index (χ0n) is 12.0. The number of aryl methyl sites for hydroxylation is 3. The molecule has 0 aliphatic rings. The van der Waals surface area contributed by atoms with E-state index in [9.17, 15) is 0 Å². The lowest BCUT2D eigenvalue weighted by atomic mass is 10.0. The molecule has 1 aromatic carbocycles. The number of hydrogen-bond acceptors (Lipinski definition) is 3. The fraction of sp³-hybridized carbons (Fsp3) is 0.400. The fourth-order valence-electron chi connectivity index (χ4n) is 2.31. The third kappa shape index (κ3) is 2.49. The maximum absolute atomic E-state index is 5.75. The van der Waals surface area contributed by atoms with E-state index in [-0.39, 0.29) is 0 Å². The van der Waals surface area contributed by atoms with Crippen molar-refractivity contribution in [2.24, 2.45) is 5.73 Å². The lowest BCUT2D eigenvalue weighted by Gasteiger charge is -2.09. The molecule has 102 valence electrons. The molecule has 0 amide bonds. The van der Waals surface area contributed by atoms with E-state index in [2.05, 4.69) is 37.1 Å². The number of nitrogens with zero attached hydrogens (tertiary/aromatic N) is 2. The van der Waals surface area contributed by atoms with Gasteiger partial charge >= 0.3 is 0 Å². The molecular weight excluding hydrogens is 238 g/mol. The maximum atomic E-state index is 5.75. The summed E-state index contributed by atoms with van der Waals surface area (Å²) in [6, 6.07) is 6.24. The zero-order chi connectivity index (χ0) is 14.0. The number of methoxy groups -OCH3 is 1. The lowest BCUT2D eigenvalue weighted by Crippen LogP contribution is -2.06. The Morgan fingerprint density at radius 3 is 2.47 bits per heavy atom. The molecule has 2 N–H and O–H groups in total. The van der Waals surface area contributed by atoms with Crippen molar-refractivity contribution in [3.05, 3.63) is 35.0 Å². The van der Waals surface area contributed by atoms with Crippen LogP contribution in [0, 0.1) is 13.8 Å². The topological polar surface area (TPSA) is 53.1 Å². The summed E-state index contributed by atoms with van der Waals surface area (Å²) in [6.45, 7) is 7.53. The second kappa shape index (κ2) is 5.45. The standard InChI is InChI=1S/C15H21N3O/c1-5-18-12(9-16)8-14(17-18)13-6-11(3)15(19-4)7-10(13)2/h6-8H,5,9,16H2,1-4H3. The number of benzene rings is 1. The van der Waals surface area contributed by atoms with Crippen LogP contribution in [0.2, 0.25) is 0 Å². The third-order valence-electron chi connectivity index (χ3n) is 3.39. The predicted octanol–water partition coefficient (Wildman–Crippen LogP) is 2.65. The molecule has 0 aliphatic heterocycles. The average Bonchev–Trinajstić information content (AvgIpc) is 2.83. The van der Waals surface area contributed by atoms with E-state index < -0.39 is 0 Å². The highest BCUT2D eigenvalue weighted by Gasteiger charge is 2.12. The van der Waals surface area contributed by atoms with Gasteiger partial charge in [0.15, 0.2) is 0 Å². The van der Waals surface area contributed by atoms with Gasteiger partial charge in [0.25, 0.3) is 0 Å². The monoisotopic (exact) mass is 259 g/mol. The van der Waals surface area contributed by atoms with Gasteiger partial charge in [-0.3, -0.25) is 4.68 Å². The summed E-state index contributed by atoms with van der Waals surface area (Å²) in [5.41, 5.74) is 11.2. The van der Waals surface area contributed by atoms with Crippen LogP contribution in [0.4, 0.5) is 0 Å². The minimum Gasteiger partial charge on any atom is -0.496 e. The summed E-state index contributed by atoms with van der Waals surface area (Å²) in [5.74, 6) is 0.912. The minimum absolute atomic E-state index is 0.509. The Hall–Kier alpha value is -1.81. The Balaban J connectivity index is 2.52. The highest BCUT2D eigenvalue weighted by Crippen LogP contribution is 2.29. The molecule has 2 aromatic rings. The zero-order valence-corrected chi connectivity index (χ0v) is 12.0. The van der Waals surface area contributed by atoms with Crippen LogP contribution >= 0.6 is 0 Å². The van der Waals surface area contributed by atoms with Crippen molar-refractivity contribution in [3.63, 3.8) is 0 Å². The van der Waals surface area contributed by atoms with Crippen LogP contribution in [0.5, 0.6) is 5.75 Å². The highest BCUT2D eigenvalue weighted by atomic mass is 16.5. The summed E-state index contributed by atoms with van der Waals surface area (Å²) >= 11 is 0. The number of rotatable bonds is 4. The Bertz CT molecular complexity index is 566. The van der Waals surface area contributed by atoms with Gasteiger partial charge in [-0.1, -0.05) is 0 Å². The van der Waals surface area contributed by atoms with Gasteiger partial charge in [-0.05, 0) is 50.1 Å². The highest BCUT2D eigenvalue weighted by molar-refractivity contribution is 5.66. The van der Waals surface area contributed by atoms with Crippen LogP contribution in [0.3, 0.4) is 0 Å². The fourth-order valence-corrected chi connectivity index (χ4v) is 2.31. The van der Waals surface area contributed by atoms with E-state index in [4.69, 9.17) is 10.5 Å². The van der Waals surface area contributed by atoms with Gasteiger partial charge in [0.2, 0.25) is 0 Å². The van der Waals surface area contributed by atoms with E-state index in [1.165, 1.54) is 0 Å². The summed E-state index contributed by atoms with van der Waals surface area (Å²) in [6.07, 6.45) is 0. The smallest absolute Gasteiger partial charge is 0.122 e. The maximum Gasteiger partial charge on any atom is 0.122 e. The van der Waals surface area contributed by atoms with E-state index in [0.29, 0.717) is 6.54 Å². The molecule has 0 radical (unpaired) electrons. The van der Waals surface area contributed by atoms with E-state index in [0.717, 1.165) is 40.4 Å². The van der Waals surface area contributed by atoms with Crippen LogP contribution < -0.4 is 10.5 Å². The second-order valence-corrected chi connectivity index (χ2v) is 4.68. The molecule has 0 spiro atoms. The average molecular weight is 259 g/mol. The molecule has 0 aliphatic carbocycles. The van der Waals surface area contributed by atoms with Gasteiger partial charge in [-0.2, -0.15) is 5.10 Å². The molecule has 2 rings (SSSR count). The summed E-state index contributed by atoms with van der Waals surface area (Å²) in [7, 11) is 1.69. The van der Waals surface area contributed by atoms with E-state index in [1.54, 1.807) is 7.11 Å². The molecule has 4 nitrogen and oxygen atoms in total. The quantitative estimate of drug-likeness (QED) is 0.918. The normalized spacial score (nSPS) is 10.8. The van der Waals surface area contributed by atoms with Crippen LogP contribution in [0.15, 0.2) is 18.2 Å². The Morgan fingerprint density at radius 1 is 1.21 bits per heavy atom. The van der Waals surface area contributed by atoms with Gasteiger partial charge < -0.3 is 10.5 Å². The van der Waals surface area contributed by atoms with Crippen molar-refractivity contribution in [1.29, 1.82) is 0 Å². The predicted molar refractivity (Wildman–Crippen MR) is 77.3 cm³/mol. The molecule has 0 bridgehead atoms. The lowest BCUT2D eigenvalue weighted by molar-refractivity contribution is 0.411. The number of aromatic nitrogens is 2. The Kier molecular flexibility index (Phi) is 3.90. The van der Waals surface area contributed by atoms with Crippen LogP contribution in [-0.2, 0) is 13.1 Å². The summed E-state index contributed by atoms with van der Waals surface area (Å²) < 4.78 is 7.30. The number of hydrogen-bond donors (Lipinski definition) is 1. The number of nitrogens with two attached hydrogens (primary N) is 1. The molecule has 0 saturated heterocycles. The molecule has 0 fully saturated rings. The largest absolute Gasteiger partial charge is 0.496 e. The second-order valence-electron chi connectivity index (χ2n) is 4.68. The van der Waals surface area contributed by atoms with Crippen molar-refractivity contribution in [2.75, 3.05) is 7.11 Å². The van der Waals surface area contributed by atoms with Gasteiger partial charge in [0.05, 0.1) is 18.5 Å². The van der Waals surface area contributed by atoms with Crippen molar-refractivity contribution >= 4 is 0 Å². The number of ether oxygens (including phenoxy) is 1. The summed E-state index contributed by atoms with van der Waals surface area (Å²) in [5, 5.41) is 4.62. The van der Waals surface area contributed by atoms with Gasteiger partial charge in [0.1, 0.15) is 5.75 Å². The van der Waals surface area contributed by atoms with Crippen LogP contribution in [0.25, 0.3) is 11.3 Å². The summed E-state index contributed by atoms with van der Waals surface area (Å²) in [4.78, 5) is 0. The van der Waals surface area contributed by atoms with Crippen molar-refractivity contribution in [1.82, 2.24) is 9.78 Å². The van der Waals surface area contributed by atoms with Crippen molar-refractivity contribution in [3.8, 4) is 17.0 Å². The third-order valence-corrected chi connectivity index (χ3v) is 3.39. The first-order valence-electron chi connectivity index (χ1n) is 6.53. The molecule has 19 heavy (non-hydrogen) atoms. The first kappa shape index (κ1) is 13.6. The van der Waals surface area contributed by atoms with Gasteiger partial charge in [0, 0.05) is 18.7 Å². The van der Waals surface area contributed by atoms with Crippen molar-refractivity contribution in [2.45, 2.75) is 33.9 Å². The van der Waals surface area contributed by atoms with Crippen molar-refractivity contribution < 1.29 is 4.74 Å². The van der Waals surface area contributed by atoms with E-state index in [1.807, 2.05) is 11.6 Å². The molecule has 0 unspecified atom stereocenters. The molecule has 0 atom stereocenters. The molecule has 0 saturated carbocycles. The van der Waals surface area contributed by atoms with Crippen LogP contribution in [0.1, 0.15) is 23.7 Å². The molecule has 1 aromatic heterocycles. The van der Waals surface area contributed by atoms with Crippen LogP contribution in [-0.4, -0.2) is 16.9 Å².